The topological polar surface area (TPSA) is 72.4 Å². The molecule has 4 aromatic rings. The van der Waals surface area contributed by atoms with E-state index in [1.807, 2.05) is 31.2 Å². The first-order chi connectivity index (χ1) is 12.3. The lowest BCUT2D eigenvalue weighted by Crippen LogP contribution is -2.36. The second-order valence-electron chi connectivity index (χ2n) is 6.53. The molecule has 1 atom stereocenters. The first-order valence-electron chi connectivity index (χ1n) is 8.56. The van der Waals surface area contributed by atoms with E-state index in [-0.39, 0.29) is 5.92 Å². The predicted octanol–water partition coefficient (Wildman–Crippen LogP) is 2.96. The van der Waals surface area contributed by atoms with E-state index in [2.05, 4.69) is 26.0 Å². The highest BCUT2D eigenvalue weighted by Crippen LogP contribution is 2.31. The Morgan fingerprint density at radius 3 is 3.04 bits per heavy atom. The van der Waals surface area contributed by atoms with Gasteiger partial charge in [-0.25, -0.2) is 9.97 Å². The first kappa shape index (κ1) is 14.4. The molecular weight excluding hydrogens is 316 g/mol. The van der Waals surface area contributed by atoms with Gasteiger partial charge in [0.15, 0.2) is 11.5 Å². The van der Waals surface area contributed by atoms with Crippen LogP contribution >= 0.6 is 0 Å². The maximum Gasteiger partial charge on any atom is 0.254 e. The van der Waals surface area contributed by atoms with Crippen molar-refractivity contribution in [1.82, 2.24) is 24.6 Å². The van der Waals surface area contributed by atoms with Crippen LogP contribution in [0.5, 0.6) is 0 Å². The molecule has 1 aliphatic rings. The van der Waals surface area contributed by atoms with Gasteiger partial charge in [0, 0.05) is 24.8 Å². The summed E-state index contributed by atoms with van der Waals surface area (Å²) in [5.41, 5.74) is 2.72. The van der Waals surface area contributed by atoms with Gasteiger partial charge in [0.1, 0.15) is 17.7 Å². The number of rotatable bonds is 2. The minimum absolute atomic E-state index is 0.271. The van der Waals surface area contributed by atoms with Crippen LogP contribution in [0.25, 0.3) is 16.9 Å². The second kappa shape index (κ2) is 5.54. The lowest BCUT2D eigenvalue weighted by Gasteiger charge is -2.32. The molecule has 7 nitrogen and oxygen atoms in total. The lowest BCUT2D eigenvalue weighted by molar-refractivity contribution is 0.411. The fraction of sp³-hybridized carbons (Fsp3) is 0.333. The minimum Gasteiger partial charge on any atom is -0.440 e. The number of oxazole rings is 1. The van der Waals surface area contributed by atoms with Gasteiger partial charge in [-0.1, -0.05) is 12.1 Å². The molecule has 0 radical (unpaired) electrons. The van der Waals surface area contributed by atoms with E-state index < -0.39 is 0 Å². The number of fused-ring (bicyclic) bond motifs is 2. The van der Waals surface area contributed by atoms with Crippen molar-refractivity contribution >= 4 is 22.7 Å². The molecule has 0 aliphatic carbocycles. The summed E-state index contributed by atoms with van der Waals surface area (Å²) in [6.45, 7) is 3.82. The fourth-order valence-corrected chi connectivity index (χ4v) is 3.59. The van der Waals surface area contributed by atoms with Crippen LogP contribution in [0, 0.1) is 6.92 Å². The summed E-state index contributed by atoms with van der Waals surface area (Å²) < 4.78 is 7.81. The number of benzene rings is 1. The van der Waals surface area contributed by atoms with Crippen LogP contribution in [-0.2, 0) is 0 Å². The molecule has 7 heteroatoms. The van der Waals surface area contributed by atoms with E-state index >= 15 is 0 Å². The van der Waals surface area contributed by atoms with Gasteiger partial charge in [0.05, 0.1) is 5.92 Å². The Balaban J connectivity index is 1.50. The summed E-state index contributed by atoms with van der Waals surface area (Å²) in [4.78, 5) is 15.7. The van der Waals surface area contributed by atoms with Crippen LogP contribution in [0.2, 0.25) is 0 Å². The van der Waals surface area contributed by atoms with Gasteiger partial charge in [-0.05, 0) is 31.9 Å². The molecule has 1 fully saturated rings. The van der Waals surface area contributed by atoms with E-state index in [0.717, 1.165) is 54.4 Å². The Hall–Kier alpha value is -2.96. The Morgan fingerprint density at radius 2 is 2.12 bits per heavy atom. The Labute approximate surface area is 144 Å². The van der Waals surface area contributed by atoms with E-state index in [0.29, 0.717) is 5.78 Å². The van der Waals surface area contributed by atoms with Crippen molar-refractivity contribution in [2.75, 3.05) is 18.0 Å². The monoisotopic (exact) mass is 334 g/mol. The predicted molar refractivity (Wildman–Crippen MR) is 93.7 cm³/mol. The maximum atomic E-state index is 6.00. The van der Waals surface area contributed by atoms with E-state index in [1.54, 1.807) is 10.8 Å². The summed E-state index contributed by atoms with van der Waals surface area (Å²) >= 11 is 0. The third-order valence-corrected chi connectivity index (χ3v) is 4.77. The van der Waals surface area contributed by atoms with Crippen molar-refractivity contribution in [3.8, 4) is 0 Å². The fourth-order valence-electron chi connectivity index (χ4n) is 3.59. The van der Waals surface area contributed by atoms with Crippen molar-refractivity contribution in [2.24, 2.45) is 0 Å². The van der Waals surface area contributed by atoms with E-state index in [4.69, 9.17) is 9.40 Å². The Kier molecular flexibility index (Phi) is 3.19. The highest BCUT2D eigenvalue weighted by Gasteiger charge is 2.27. The van der Waals surface area contributed by atoms with Gasteiger partial charge in [0.25, 0.3) is 5.78 Å². The molecule has 1 aliphatic heterocycles. The van der Waals surface area contributed by atoms with Crippen molar-refractivity contribution < 1.29 is 4.42 Å². The molecule has 126 valence electrons. The van der Waals surface area contributed by atoms with Crippen molar-refractivity contribution in [3.05, 3.63) is 48.2 Å². The molecule has 4 heterocycles. The molecule has 1 unspecified atom stereocenters. The van der Waals surface area contributed by atoms with Crippen LogP contribution in [0.4, 0.5) is 5.82 Å². The molecule has 1 aromatic carbocycles. The average molecular weight is 334 g/mol. The van der Waals surface area contributed by atoms with Gasteiger partial charge in [-0.2, -0.15) is 14.6 Å². The molecule has 0 spiro atoms. The second-order valence-corrected chi connectivity index (χ2v) is 6.53. The van der Waals surface area contributed by atoms with Gasteiger partial charge in [-0.15, -0.1) is 0 Å². The molecule has 0 bridgehead atoms. The number of hydrogen-bond donors (Lipinski definition) is 0. The zero-order chi connectivity index (χ0) is 16.8. The molecule has 0 saturated carbocycles. The summed E-state index contributed by atoms with van der Waals surface area (Å²) in [6.07, 6.45) is 3.71. The number of nitrogens with zero attached hydrogens (tertiary/aromatic N) is 6. The van der Waals surface area contributed by atoms with Gasteiger partial charge >= 0.3 is 0 Å². The van der Waals surface area contributed by atoms with E-state index in [1.165, 1.54) is 0 Å². The van der Waals surface area contributed by atoms with Crippen LogP contribution < -0.4 is 4.90 Å². The Morgan fingerprint density at radius 1 is 1.20 bits per heavy atom. The van der Waals surface area contributed by atoms with Crippen LogP contribution in [0.15, 0.2) is 41.1 Å². The molecular formula is C18H18N6O. The quantitative estimate of drug-likeness (QED) is 0.561. The number of hydrogen-bond acceptors (Lipinski definition) is 6. The number of aryl methyl sites for hydroxylation is 1. The highest BCUT2D eigenvalue weighted by atomic mass is 16.3. The molecule has 0 amide bonds. The first-order valence-corrected chi connectivity index (χ1v) is 8.56. The van der Waals surface area contributed by atoms with Crippen molar-refractivity contribution in [3.63, 3.8) is 0 Å². The summed E-state index contributed by atoms with van der Waals surface area (Å²) in [5, 5.41) is 4.33. The number of aromatic nitrogens is 5. The highest BCUT2D eigenvalue weighted by molar-refractivity contribution is 5.72. The normalized spacial score (nSPS) is 18.3. The molecule has 25 heavy (non-hydrogen) atoms. The average Bonchev–Trinajstić information content (AvgIpc) is 3.27. The van der Waals surface area contributed by atoms with Crippen LogP contribution in [0.1, 0.15) is 30.3 Å². The minimum atomic E-state index is 0.271. The van der Waals surface area contributed by atoms with Gasteiger partial charge in [-0.3, -0.25) is 0 Å². The zero-order valence-electron chi connectivity index (χ0n) is 14.0. The number of anilines is 1. The smallest absolute Gasteiger partial charge is 0.254 e. The van der Waals surface area contributed by atoms with E-state index in [9.17, 15) is 0 Å². The van der Waals surface area contributed by atoms with Crippen LogP contribution in [-0.4, -0.2) is 37.7 Å². The van der Waals surface area contributed by atoms with Crippen molar-refractivity contribution in [2.45, 2.75) is 25.7 Å². The third-order valence-electron chi connectivity index (χ3n) is 4.77. The van der Waals surface area contributed by atoms with Crippen LogP contribution in [0.3, 0.4) is 0 Å². The lowest BCUT2D eigenvalue weighted by atomic mass is 9.98. The SMILES string of the molecule is Cc1cc(N2CCCC(c3nc4ccccc4o3)C2)n2ncnc2n1. The summed E-state index contributed by atoms with van der Waals surface area (Å²) in [5.74, 6) is 2.76. The maximum absolute atomic E-state index is 6.00. The largest absolute Gasteiger partial charge is 0.440 e. The zero-order valence-corrected chi connectivity index (χ0v) is 14.0. The molecule has 3 aromatic heterocycles. The van der Waals surface area contributed by atoms with Crippen molar-refractivity contribution in [1.29, 1.82) is 0 Å². The van der Waals surface area contributed by atoms with Gasteiger partial charge < -0.3 is 9.32 Å². The third kappa shape index (κ3) is 2.43. The summed E-state index contributed by atoms with van der Waals surface area (Å²) in [6, 6.07) is 10.00. The Bertz CT molecular complexity index is 1020. The van der Waals surface area contributed by atoms with Gasteiger partial charge in [0.2, 0.25) is 0 Å². The molecule has 0 N–H and O–H groups in total. The molecule has 1 saturated heterocycles. The number of para-hydroxylation sites is 2. The standard InChI is InChI=1S/C18H18N6O/c1-12-9-16(24-18(21-12)19-11-20-24)23-8-4-5-13(10-23)17-22-14-6-2-3-7-15(14)25-17/h2-3,6-7,9,11,13H,4-5,8,10H2,1H3. The molecule has 5 rings (SSSR count). The number of piperidine rings is 1. The summed E-state index contributed by atoms with van der Waals surface area (Å²) in [7, 11) is 0.